The molecule has 1 saturated carbocycles. The summed E-state index contributed by atoms with van der Waals surface area (Å²) in [6.45, 7) is 0. The maximum Gasteiger partial charge on any atom is 0.279 e. The topological polar surface area (TPSA) is 51.2 Å². The predicted molar refractivity (Wildman–Crippen MR) is 69.1 cm³/mol. The first kappa shape index (κ1) is 11.2. The Morgan fingerprint density at radius 3 is 2.83 bits per heavy atom. The second kappa shape index (κ2) is 4.78. The highest BCUT2D eigenvalue weighted by Gasteiger charge is 2.24. The van der Waals surface area contributed by atoms with Crippen LogP contribution in [0.5, 0.6) is 10.9 Å². The van der Waals surface area contributed by atoms with Gasteiger partial charge in [-0.2, -0.15) is 4.98 Å². The number of para-hydroxylation sites is 1. The Morgan fingerprint density at radius 2 is 2.11 bits per heavy atom. The van der Waals surface area contributed by atoms with Crippen LogP contribution < -0.4 is 10.1 Å². The van der Waals surface area contributed by atoms with Crippen LogP contribution in [0.2, 0.25) is 0 Å². The molecule has 0 aliphatic heterocycles. The lowest BCUT2D eigenvalue weighted by Crippen LogP contribution is -2.25. The number of amides is 1. The summed E-state index contributed by atoms with van der Waals surface area (Å²) in [4.78, 5) is 15.9. The Bertz CT molecular complexity index is 549. The molecule has 1 amide bonds. The molecule has 0 bridgehead atoms. The maximum absolute atomic E-state index is 11.7. The Balaban J connectivity index is 1.67. The van der Waals surface area contributed by atoms with Gasteiger partial charge in [-0.3, -0.25) is 4.79 Å². The SMILES string of the molecule is O=C(NC1CC1)c1csc(Oc2ccccc2)n1. The van der Waals surface area contributed by atoms with Crippen LogP contribution in [0.1, 0.15) is 23.3 Å². The summed E-state index contributed by atoms with van der Waals surface area (Å²) in [5.74, 6) is 0.609. The fourth-order valence-corrected chi connectivity index (χ4v) is 2.15. The molecule has 18 heavy (non-hydrogen) atoms. The third-order valence-electron chi connectivity index (χ3n) is 2.58. The maximum atomic E-state index is 11.7. The average Bonchev–Trinajstić information content (AvgIpc) is 3.07. The van der Waals surface area contributed by atoms with Crippen molar-refractivity contribution < 1.29 is 9.53 Å². The van der Waals surface area contributed by atoms with Crippen molar-refractivity contribution in [3.63, 3.8) is 0 Å². The van der Waals surface area contributed by atoms with Gasteiger partial charge < -0.3 is 10.1 Å². The van der Waals surface area contributed by atoms with Gasteiger partial charge in [0.25, 0.3) is 11.1 Å². The van der Waals surface area contributed by atoms with Gasteiger partial charge in [-0.1, -0.05) is 29.5 Å². The summed E-state index contributed by atoms with van der Waals surface area (Å²) in [7, 11) is 0. The molecule has 92 valence electrons. The van der Waals surface area contributed by atoms with Crippen LogP contribution in [0.25, 0.3) is 0 Å². The number of aromatic nitrogens is 1. The second-order valence-electron chi connectivity index (χ2n) is 4.16. The number of rotatable bonds is 4. The number of ether oxygens (including phenoxy) is 1. The van der Waals surface area contributed by atoms with E-state index >= 15 is 0 Å². The fourth-order valence-electron chi connectivity index (χ4n) is 1.48. The molecule has 5 heteroatoms. The van der Waals surface area contributed by atoms with E-state index in [1.165, 1.54) is 11.3 Å². The molecule has 1 aromatic heterocycles. The number of nitrogens with zero attached hydrogens (tertiary/aromatic N) is 1. The van der Waals surface area contributed by atoms with Crippen LogP contribution in [0.3, 0.4) is 0 Å². The molecule has 1 aliphatic rings. The summed E-state index contributed by atoms with van der Waals surface area (Å²) >= 11 is 1.33. The van der Waals surface area contributed by atoms with Crippen molar-refractivity contribution in [1.29, 1.82) is 0 Å². The van der Waals surface area contributed by atoms with E-state index < -0.39 is 0 Å². The van der Waals surface area contributed by atoms with Gasteiger partial charge in [-0.15, -0.1) is 0 Å². The van der Waals surface area contributed by atoms with Gasteiger partial charge >= 0.3 is 0 Å². The number of carbonyl (C=O) groups excluding carboxylic acids is 1. The average molecular weight is 260 g/mol. The first-order valence-corrected chi connectivity index (χ1v) is 6.68. The minimum atomic E-state index is -0.114. The van der Waals surface area contributed by atoms with Crippen LogP contribution in [0, 0.1) is 0 Å². The van der Waals surface area contributed by atoms with Crippen molar-refractivity contribution >= 4 is 17.2 Å². The molecule has 4 nitrogen and oxygen atoms in total. The highest BCUT2D eigenvalue weighted by molar-refractivity contribution is 7.11. The third-order valence-corrected chi connectivity index (χ3v) is 3.29. The Labute approximate surface area is 109 Å². The smallest absolute Gasteiger partial charge is 0.279 e. The van der Waals surface area contributed by atoms with E-state index in [1.54, 1.807) is 5.38 Å². The minimum absolute atomic E-state index is 0.114. The van der Waals surface area contributed by atoms with Crippen molar-refractivity contribution in [2.24, 2.45) is 0 Å². The van der Waals surface area contributed by atoms with Crippen molar-refractivity contribution in [3.05, 3.63) is 41.4 Å². The summed E-state index contributed by atoms with van der Waals surface area (Å²) in [5.41, 5.74) is 0.429. The molecule has 3 rings (SSSR count). The second-order valence-corrected chi connectivity index (χ2v) is 4.98. The van der Waals surface area contributed by atoms with Gasteiger partial charge in [0, 0.05) is 11.4 Å². The van der Waals surface area contributed by atoms with Crippen LogP contribution in [-0.4, -0.2) is 16.9 Å². The zero-order valence-corrected chi connectivity index (χ0v) is 10.4. The molecule has 0 saturated heterocycles. The minimum Gasteiger partial charge on any atom is -0.431 e. The molecule has 2 aromatic rings. The number of carbonyl (C=O) groups is 1. The van der Waals surface area contributed by atoms with Crippen LogP contribution >= 0.6 is 11.3 Å². The number of nitrogens with one attached hydrogen (secondary N) is 1. The molecule has 1 fully saturated rings. The first-order chi connectivity index (χ1) is 8.81. The zero-order chi connectivity index (χ0) is 12.4. The van der Waals surface area contributed by atoms with Crippen molar-refractivity contribution in [1.82, 2.24) is 10.3 Å². The van der Waals surface area contributed by atoms with Gasteiger partial charge in [-0.25, -0.2) is 0 Å². The number of benzene rings is 1. The molecule has 1 N–H and O–H groups in total. The zero-order valence-electron chi connectivity index (χ0n) is 9.63. The van der Waals surface area contributed by atoms with E-state index in [0.29, 0.717) is 16.9 Å². The first-order valence-electron chi connectivity index (χ1n) is 5.80. The Morgan fingerprint density at radius 1 is 1.33 bits per heavy atom. The van der Waals surface area contributed by atoms with E-state index in [0.717, 1.165) is 18.6 Å². The fraction of sp³-hybridized carbons (Fsp3) is 0.231. The van der Waals surface area contributed by atoms with Crippen molar-refractivity contribution in [3.8, 4) is 10.9 Å². The van der Waals surface area contributed by atoms with E-state index in [9.17, 15) is 4.79 Å². The summed E-state index contributed by atoms with van der Waals surface area (Å²) < 4.78 is 5.56. The lowest BCUT2D eigenvalue weighted by Gasteiger charge is -2.00. The number of hydrogen-bond donors (Lipinski definition) is 1. The Hall–Kier alpha value is -1.88. The summed E-state index contributed by atoms with van der Waals surface area (Å²) in [5, 5.41) is 5.10. The molecule has 1 aliphatic carbocycles. The molecule has 0 spiro atoms. The molecule has 1 aromatic carbocycles. The lowest BCUT2D eigenvalue weighted by molar-refractivity contribution is 0.0946. The normalized spacial score (nSPS) is 14.2. The molecule has 0 radical (unpaired) electrons. The van der Waals surface area contributed by atoms with Gasteiger partial charge in [0.15, 0.2) is 0 Å². The largest absolute Gasteiger partial charge is 0.431 e. The predicted octanol–water partition coefficient (Wildman–Crippen LogP) is 2.83. The number of hydrogen-bond acceptors (Lipinski definition) is 4. The molecular weight excluding hydrogens is 248 g/mol. The third kappa shape index (κ3) is 2.68. The van der Waals surface area contributed by atoms with Gasteiger partial charge in [0.1, 0.15) is 11.4 Å². The van der Waals surface area contributed by atoms with E-state index in [1.807, 2.05) is 30.3 Å². The highest BCUT2D eigenvalue weighted by Crippen LogP contribution is 2.25. The highest BCUT2D eigenvalue weighted by atomic mass is 32.1. The van der Waals surface area contributed by atoms with E-state index in [-0.39, 0.29) is 5.91 Å². The summed E-state index contributed by atoms with van der Waals surface area (Å²) in [6, 6.07) is 9.76. The molecule has 0 unspecified atom stereocenters. The van der Waals surface area contributed by atoms with Crippen LogP contribution in [0.15, 0.2) is 35.7 Å². The number of thiazole rings is 1. The standard InChI is InChI=1S/C13H12N2O2S/c16-12(14-9-6-7-9)11-8-18-13(15-11)17-10-4-2-1-3-5-10/h1-5,8-9H,6-7H2,(H,14,16). The molecule has 1 heterocycles. The van der Waals surface area contributed by atoms with Gasteiger partial charge in [0.2, 0.25) is 0 Å². The molecular formula is C13H12N2O2S. The quantitative estimate of drug-likeness (QED) is 0.919. The van der Waals surface area contributed by atoms with Gasteiger partial charge in [0.05, 0.1) is 0 Å². The van der Waals surface area contributed by atoms with Crippen LogP contribution in [0.4, 0.5) is 0 Å². The Kier molecular flexibility index (Phi) is 2.98. The van der Waals surface area contributed by atoms with E-state index in [4.69, 9.17) is 4.74 Å². The van der Waals surface area contributed by atoms with Crippen molar-refractivity contribution in [2.75, 3.05) is 0 Å². The van der Waals surface area contributed by atoms with Crippen LogP contribution in [-0.2, 0) is 0 Å². The van der Waals surface area contributed by atoms with E-state index in [2.05, 4.69) is 10.3 Å². The van der Waals surface area contributed by atoms with Gasteiger partial charge in [-0.05, 0) is 25.0 Å². The van der Waals surface area contributed by atoms with Crippen molar-refractivity contribution in [2.45, 2.75) is 18.9 Å². The lowest BCUT2D eigenvalue weighted by atomic mass is 10.3. The summed E-state index contributed by atoms with van der Waals surface area (Å²) in [6.07, 6.45) is 2.15. The monoisotopic (exact) mass is 260 g/mol. The molecule has 0 atom stereocenters.